The zero-order valence-electron chi connectivity index (χ0n) is 41.1. The lowest BCUT2D eigenvalue weighted by molar-refractivity contribution is -0.332. The van der Waals surface area contributed by atoms with Crippen molar-refractivity contribution >= 4 is 11.9 Å². The van der Waals surface area contributed by atoms with Crippen molar-refractivity contribution in [1.82, 2.24) is 0 Å². The fourth-order valence-electron chi connectivity index (χ4n) is 8.10. The third-order valence-corrected chi connectivity index (χ3v) is 12.4. The number of hydrogen-bond acceptors (Lipinski definition) is 15. The molecule has 15 heteroatoms. The Labute approximate surface area is 402 Å². The van der Waals surface area contributed by atoms with Gasteiger partial charge in [-0.1, -0.05) is 179 Å². The minimum Gasteiger partial charge on any atom is -0.461 e. The van der Waals surface area contributed by atoms with Crippen LogP contribution in [0.4, 0.5) is 0 Å². The second-order valence-corrected chi connectivity index (χ2v) is 18.4. The minimum atomic E-state index is -1.78. The summed E-state index contributed by atoms with van der Waals surface area (Å²) in [7, 11) is 0. The van der Waals surface area contributed by atoms with Gasteiger partial charge in [0.05, 0.1) is 32.7 Å². The maximum Gasteiger partial charge on any atom is 0.310 e. The molecule has 0 amide bonds. The third-order valence-electron chi connectivity index (χ3n) is 12.4. The lowest BCUT2D eigenvalue weighted by atomic mass is 9.98. The van der Waals surface area contributed by atoms with E-state index in [4.69, 9.17) is 28.4 Å². The Morgan fingerprint density at radius 2 is 0.896 bits per heavy atom. The van der Waals surface area contributed by atoms with Crippen LogP contribution in [0.1, 0.15) is 187 Å². The van der Waals surface area contributed by atoms with Crippen LogP contribution in [0.15, 0.2) is 36.5 Å². The van der Waals surface area contributed by atoms with Crippen molar-refractivity contribution in [2.24, 2.45) is 0 Å². The normalized spacial score (nSPS) is 26.2. The van der Waals surface area contributed by atoms with Crippen LogP contribution in [0, 0.1) is 0 Å². The second kappa shape index (κ2) is 39.4. The molecule has 0 aliphatic carbocycles. The van der Waals surface area contributed by atoms with Gasteiger partial charge in [0.1, 0.15) is 55.4 Å². The summed E-state index contributed by atoms with van der Waals surface area (Å²) in [5, 5.41) is 72.0. The molecule has 67 heavy (non-hydrogen) atoms. The number of esters is 2. The first-order chi connectivity index (χ1) is 32.5. The van der Waals surface area contributed by atoms with Crippen molar-refractivity contribution in [3.05, 3.63) is 36.5 Å². The predicted molar refractivity (Wildman–Crippen MR) is 257 cm³/mol. The number of aliphatic hydroxyl groups excluding tert-OH is 7. The van der Waals surface area contributed by atoms with Gasteiger partial charge < -0.3 is 64.2 Å². The molecule has 0 saturated carbocycles. The Morgan fingerprint density at radius 1 is 0.478 bits per heavy atom. The Hall–Kier alpha value is -2.28. The summed E-state index contributed by atoms with van der Waals surface area (Å²) in [5.41, 5.74) is 0. The molecule has 0 aromatic carbocycles. The Bertz CT molecular complexity index is 1310. The molecular formula is C52H92O15. The van der Waals surface area contributed by atoms with Gasteiger partial charge in [0, 0.05) is 0 Å². The number of rotatable bonds is 40. The number of hydrogen-bond donors (Lipinski definition) is 7. The van der Waals surface area contributed by atoms with E-state index in [1.165, 1.54) is 128 Å². The van der Waals surface area contributed by atoms with Gasteiger partial charge in [-0.3, -0.25) is 9.59 Å². The van der Waals surface area contributed by atoms with Crippen LogP contribution in [0.2, 0.25) is 0 Å². The van der Waals surface area contributed by atoms with Crippen molar-refractivity contribution in [2.75, 3.05) is 26.4 Å². The Morgan fingerprint density at radius 3 is 1.42 bits per heavy atom. The molecular weight excluding hydrogens is 865 g/mol. The SMILES string of the molecule is CCCCCCCCCCCCC=CCC=CCC(=O)OC[C@H](CO[C@@H]1O[C@H](CO[C@H]2O[C@H](CO)[C@H](O)C(O)C2O)[C@H](O)C(O)C1O)OC(=O)CC=CCCCCCCCCCCCCCC. The molecule has 0 radical (unpaired) electrons. The molecule has 0 aromatic heterocycles. The lowest BCUT2D eigenvalue weighted by Crippen LogP contribution is -2.61. The summed E-state index contributed by atoms with van der Waals surface area (Å²) in [4.78, 5) is 25.6. The highest BCUT2D eigenvalue weighted by atomic mass is 16.7. The molecule has 15 nitrogen and oxygen atoms in total. The average molecular weight is 957 g/mol. The molecule has 0 aromatic rings. The summed E-state index contributed by atoms with van der Waals surface area (Å²) < 4.78 is 33.4. The maximum absolute atomic E-state index is 12.9. The van der Waals surface area contributed by atoms with E-state index in [1.54, 1.807) is 12.2 Å². The molecule has 0 bridgehead atoms. The van der Waals surface area contributed by atoms with Crippen molar-refractivity contribution in [3.63, 3.8) is 0 Å². The molecule has 2 saturated heterocycles. The van der Waals surface area contributed by atoms with E-state index < -0.39 is 99.3 Å². The molecule has 4 unspecified atom stereocenters. The van der Waals surface area contributed by atoms with Crippen molar-refractivity contribution in [2.45, 2.75) is 255 Å². The summed E-state index contributed by atoms with van der Waals surface area (Å²) >= 11 is 0. The van der Waals surface area contributed by atoms with E-state index in [0.29, 0.717) is 6.42 Å². The van der Waals surface area contributed by atoms with E-state index >= 15 is 0 Å². The van der Waals surface area contributed by atoms with Crippen molar-refractivity contribution < 1.29 is 73.8 Å². The van der Waals surface area contributed by atoms with Crippen molar-refractivity contribution in [1.29, 1.82) is 0 Å². The highest BCUT2D eigenvalue weighted by Gasteiger charge is 2.47. The molecule has 2 rings (SSSR count). The Kier molecular flexibility index (Phi) is 35.8. The van der Waals surface area contributed by atoms with Gasteiger partial charge in [-0.2, -0.15) is 0 Å². The number of ether oxygens (including phenoxy) is 6. The first kappa shape index (κ1) is 60.8. The number of carbonyl (C=O) groups is 2. The fourth-order valence-corrected chi connectivity index (χ4v) is 8.10. The minimum absolute atomic E-state index is 0.000325. The van der Waals surface area contributed by atoms with E-state index in [1.807, 2.05) is 12.2 Å². The molecule has 2 aliphatic heterocycles. The number of aliphatic hydroxyl groups is 7. The molecule has 2 aliphatic rings. The Balaban J connectivity index is 1.85. The summed E-state index contributed by atoms with van der Waals surface area (Å²) in [6.45, 7) is 2.47. The molecule has 7 N–H and O–H groups in total. The third kappa shape index (κ3) is 27.6. The van der Waals surface area contributed by atoms with Gasteiger partial charge in [0.25, 0.3) is 0 Å². The monoisotopic (exact) mass is 957 g/mol. The number of allylic oxidation sites excluding steroid dienone is 4. The van der Waals surface area contributed by atoms with Crippen LogP contribution in [0.5, 0.6) is 0 Å². The van der Waals surface area contributed by atoms with Gasteiger partial charge in [0.15, 0.2) is 18.7 Å². The quantitative estimate of drug-likeness (QED) is 0.0181. The predicted octanol–water partition coefficient (Wildman–Crippen LogP) is 7.32. The smallest absolute Gasteiger partial charge is 0.310 e. The molecule has 11 atom stereocenters. The van der Waals surface area contributed by atoms with E-state index in [2.05, 4.69) is 26.0 Å². The van der Waals surface area contributed by atoms with Crippen LogP contribution in [-0.4, -0.2) is 142 Å². The van der Waals surface area contributed by atoms with Gasteiger partial charge in [-0.15, -0.1) is 0 Å². The highest BCUT2D eigenvalue weighted by molar-refractivity contribution is 5.72. The van der Waals surface area contributed by atoms with Crippen LogP contribution in [-0.2, 0) is 38.0 Å². The van der Waals surface area contributed by atoms with E-state index in [9.17, 15) is 45.3 Å². The molecule has 2 heterocycles. The first-order valence-electron chi connectivity index (χ1n) is 26.1. The zero-order chi connectivity index (χ0) is 48.9. The lowest BCUT2D eigenvalue weighted by Gasteiger charge is -2.42. The van der Waals surface area contributed by atoms with E-state index in [-0.39, 0.29) is 19.4 Å². The molecule has 390 valence electrons. The van der Waals surface area contributed by atoms with Crippen LogP contribution in [0.3, 0.4) is 0 Å². The topological polar surface area (TPSA) is 231 Å². The fraction of sp³-hybridized carbons (Fsp3) is 0.846. The first-order valence-corrected chi connectivity index (χ1v) is 26.1. The zero-order valence-corrected chi connectivity index (χ0v) is 41.1. The standard InChI is InChI=1S/C52H92O15/c1-3-5-7-9-11-13-15-17-19-21-22-24-26-28-30-32-34-43(54)62-37-40(65-44(55)35-33-31-29-27-25-23-20-18-16-14-12-10-8-6-4-2)38-63-51-50(61)48(59)46(57)42(67-51)39-64-52-49(60)47(58)45(56)41(36-53)66-52/h24,26,30-33,40-42,45-53,56-61H,3-23,25,27-29,34-39H2,1-2H3/t40-,41-,42-,45+,46+,47?,48?,49?,50?,51-,52+/m1/s1. The van der Waals surface area contributed by atoms with E-state index in [0.717, 1.165) is 25.7 Å². The van der Waals surface area contributed by atoms with Crippen LogP contribution < -0.4 is 0 Å². The summed E-state index contributed by atoms with van der Waals surface area (Å²) in [5.74, 6) is -1.14. The van der Waals surface area contributed by atoms with Gasteiger partial charge in [0.2, 0.25) is 0 Å². The van der Waals surface area contributed by atoms with Crippen LogP contribution in [0.25, 0.3) is 0 Å². The highest BCUT2D eigenvalue weighted by Crippen LogP contribution is 2.26. The second-order valence-electron chi connectivity index (χ2n) is 18.4. The summed E-state index contributed by atoms with van der Waals surface area (Å²) in [6, 6.07) is 0. The number of unbranched alkanes of at least 4 members (excludes halogenated alkanes) is 22. The van der Waals surface area contributed by atoms with Gasteiger partial charge in [-0.05, 0) is 32.1 Å². The maximum atomic E-state index is 12.9. The summed E-state index contributed by atoms with van der Waals surface area (Å²) in [6.07, 6.45) is 25.1. The molecule has 2 fully saturated rings. The average Bonchev–Trinajstić information content (AvgIpc) is 3.32. The molecule has 0 spiro atoms. The van der Waals surface area contributed by atoms with Gasteiger partial charge >= 0.3 is 11.9 Å². The van der Waals surface area contributed by atoms with Gasteiger partial charge in [-0.25, -0.2) is 0 Å². The van der Waals surface area contributed by atoms with Crippen LogP contribution >= 0.6 is 0 Å². The largest absolute Gasteiger partial charge is 0.461 e. The number of carbonyl (C=O) groups excluding carboxylic acids is 2. The van der Waals surface area contributed by atoms with Crippen molar-refractivity contribution in [3.8, 4) is 0 Å².